The maximum Gasteiger partial charge on any atom is 0.310 e. The highest BCUT2D eigenvalue weighted by molar-refractivity contribution is 9.10. The molecule has 1 aromatic rings. The summed E-state index contributed by atoms with van der Waals surface area (Å²) in [6, 6.07) is 4.02. The van der Waals surface area contributed by atoms with Gasteiger partial charge in [-0.3, -0.25) is 4.79 Å². The molecule has 0 N–H and O–H groups in total. The molecule has 1 fully saturated rings. The van der Waals surface area contributed by atoms with E-state index in [9.17, 15) is 4.79 Å². The second-order valence-electron chi connectivity index (χ2n) is 6.36. The first-order chi connectivity index (χ1) is 10.2. The second-order valence-corrected chi connectivity index (χ2v) is 8.22. The highest BCUT2D eigenvalue weighted by Gasteiger charge is 2.61. The topological polar surface area (TPSA) is 26.3 Å². The number of esters is 1. The zero-order valence-corrected chi connectivity index (χ0v) is 16.1. The molecule has 1 aliphatic rings. The van der Waals surface area contributed by atoms with E-state index in [1.807, 2.05) is 39.8 Å². The van der Waals surface area contributed by atoms with Crippen LogP contribution in [-0.4, -0.2) is 5.97 Å². The Morgan fingerprint density at radius 1 is 1.36 bits per heavy atom. The van der Waals surface area contributed by atoms with Crippen LogP contribution >= 0.6 is 39.1 Å². The molecule has 0 aromatic heterocycles. The predicted molar refractivity (Wildman–Crippen MR) is 94.0 cm³/mol. The molecule has 2 rings (SSSR count). The van der Waals surface area contributed by atoms with Crippen LogP contribution < -0.4 is 0 Å². The van der Waals surface area contributed by atoms with Gasteiger partial charge in [0.2, 0.25) is 0 Å². The molecule has 0 heterocycles. The second kappa shape index (κ2) is 6.54. The molecule has 0 saturated heterocycles. The van der Waals surface area contributed by atoms with Crippen LogP contribution in [0, 0.1) is 31.1 Å². The minimum Gasteiger partial charge on any atom is -0.461 e. The maximum absolute atomic E-state index is 12.3. The fourth-order valence-electron chi connectivity index (χ4n) is 2.89. The minimum atomic E-state index is -0.195. The summed E-state index contributed by atoms with van der Waals surface area (Å²) in [6.45, 7) is 8.36. The summed E-state index contributed by atoms with van der Waals surface area (Å²) in [7, 11) is 0. The van der Waals surface area contributed by atoms with Gasteiger partial charge in [-0.25, -0.2) is 0 Å². The van der Waals surface area contributed by atoms with Crippen LogP contribution in [-0.2, 0) is 16.1 Å². The zero-order chi connectivity index (χ0) is 16.7. The molecule has 0 unspecified atom stereocenters. The van der Waals surface area contributed by atoms with Gasteiger partial charge in [0.05, 0.1) is 5.92 Å². The van der Waals surface area contributed by atoms with Crippen molar-refractivity contribution in [3.63, 3.8) is 0 Å². The fourth-order valence-corrected chi connectivity index (χ4v) is 3.54. The summed E-state index contributed by atoms with van der Waals surface area (Å²) in [4.78, 5) is 12.3. The first kappa shape index (κ1) is 17.8. The average molecular weight is 406 g/mol. The van der Waals surface area contributed by atoms with Crippen LogP contribution in [0.15, 0.2) is 27.2 Å². The van der Waals surface area contributed by atoms with Crippen molar-refractivity contribution in [1.29, 1.82) is 0 Å². The molecular weight excluding hydrogens is 387 g/mol. The largest absolute Gasteiger partial charge is 0.461 e. The van der Waals surface area contributed by atoms with Crippen LogP contribution in [0.25, 0.3) is 0 Å². The van der Waals surface area contributed by atoms with Gasteiger partial charge < -0.3 is 4.74 Å². The van der Waals surface area contributed by atoms with Crippen LogP contribution in [0.4, 0.5) is 0 Å². The molecular formula is C17H19BrCl2O2. The van der Waals surface area contributed by atoms with Gasteiger partial charge in [0.15, 0.2) is 0 Å². The number of hydrogen-bond acceptors (Lipinski definition) is 2. The molecule has 120 valence electrons. The molecule has 0 bridgehead atoms. The lowest BCUT2D eigenvalue weighted by atomic mass is 10.0. The molecule has 0 aliphatic heterocycles. The van der Waals surface area contributed by atoms with Gasteiger partial charge in [-0.1, -0.05) is 59.0 Å². The summed E-state index contributed by atoms with van der Waals surface area (Å²) in [6.07, 6.45) is 1.73. The van der Waals surface area contributed by atoms with Gasteiger partial charge >= 0.3 is 5.97 Å². The Labute approximate surface area is 149 Å². The summed E-state index contributed by atoms with van der Waals surface area (Å²) in [5, 5.41) is 0. The molecule has 2 atom stereocenters. The lowest BCUT2D eigenvalue weighted by Gasteiger charge is -2.12. The monoisotopic (exact) mass is 404 g/mol. The van der Waals surface area contributed by atoms with E-state index >= 15 is 0 Å². The van der Waals surface area contributed by atoms with Gasteiger partial charge in [-0.05, 0) is 54.0 Å². The van der Waals surface area contributed by atoms with Crippen molar-refractivity contribution >= 4 is 45.1 Å². The SMILES string of the molecule is Cc1ccc(Br)c(C)c1COC(=O)[C@H]1[C@H](C=C(Cl)Cl)C1(C)C. The lowest BCUT2D eigenvalue weighted by Crippen LogP contribution is -2.12. The number of ether oxygens (including phenoxy) is 1. The van der Waals surface area contributed by atoms with Gasteiger partial charge in [-0.2, -0.15) is 0 Å². The van der Waals surface area contributed by atoms with Crippen LogP contribution in [0.1, 0.15) is 30.5 Å². The maximum atomic E-state index is 12.3. The van der Waals surface area contributed by atoms with Crippen molar-refractivity contribution in [1.82, 2.24) is 0 Å². The first-order valence-electron chi connectivity index (χ1n) is 7.10. The molecule has 0 spiro atoms. The zero-order valence-electron chi connectivity index (χ0n) is 13.0. The summed E-state index contributed by atoms with van der Waals surface area (Å²) >= 11 is 14.9. The van der Waals surface area contributed by atoms with Gasteiger partial charge in [0.1, 0.15) is 11.1 Å². The number of allylic oxidation sites excluding steroid dienone is 1. The predicted octanol–water partition coefficient (Wildman–Crippen LogP) is 5.70. The Morgan fingerprint density at radius 3 is 2.59 bits per heavy atom. The van der Waals surface area contributed by atoms with E-state index in [1.165, 1.54) is 0 Å². The molecule has 2 nitrogen and oxygen atoms in total. The van der Waals surface area contributed by atoms with Crippen molar-refractivity contribution in [2.45, 2.75) is 34.3 Å². The third-order valence-electron chi connectivity index (χ3n) is 4.60. The van der Waals surface area contributed by atoms with E-state index < -0.39 is 0 Å². The Hall–Kier alpha value is -0.510. The van der Waals surface area contributed by atoms with E-state index in [0.717, 1.165) is 21.2 Å². The van der Waals surface area contributed by atoms with Gasteiger partial charge in [0, 0.05) is 4.47 Å². The number of benzene rings is 1. The number of hydrogen-bond donors (Lipinski definition) is 0. The van der Waals surface area contributed by atoms with Crippen molar-refractivity contribution in [2.24, 2.45) is 17.3 Å². The number of carbonyl (C=O) groups is 1. The van der Waals surface area contributed by atoms with E-state index in [1.54, 1.807) is 6.08 Å². The Morgan fingerprint density at radius 2 is 2.00 bits per heavy atom. The van der Waals surface area contributed by atoms with E-state index in [2.05, 4.69) is 15.9 Å². The lowest BCUT2D eigenvalue weighted by molar-refractivity contribution is -0.147. The average Bonchev–Trinajstić information content (AvgIpc) is 2.94. The highest BCUT2D eigenvalue weighted by atomic mass is 79.9. The third-order valence-corrected chi connectivity index (χ3v) is 5.71. The van der Waals surface area contributed by atoms with E-state index in [-0.39, 0.29) is 34.3 Å². The summed E-state index contributed by atoms with van der Waals surface area (Å²) in [5.41, 5.74) is 3.10. The smallest absolute Gasteiger partial charge is 0.310 e. The highest BCUT2D eigenvalue weighted by Crippen LogP contribution is 2.60. The van der Waals surface area contributed by atoms with Crippen molar-refractivity contribution in [2.75, 3.05) is 0 Å². The van der Waals surface area contributed by atoms with Gasteiger partial charge in [-0.15, -0.1) is 0 Å². The van der Waals surface area contributed by atoms with Crippen LogP contribution in [0.5, 0.6) is 0 Å². The molecule has 1 saturated carbocycles. The number of halogens is 3. The Bertz CT molecular complexity index is 634. The van der Waals surface area contributed by atoms with Crippen molar-refractivity contribution in [3.05, 3.63) is 43.9 Å². The standard InChI is InChI=1S/C17H19BrCl2O2/c1-9-5-6-13(18)10(2)11(9)8-22-16(21)15-12(7-14(19)20)17(15,3)4/h5-7,12,15H,8H2,1-4H3/t12-,15+/m0/s1. The van der Waals surface area contributed by atoms with Crippen LogP contribution in [0.3, 0.4) is 0 Å². The Kier molecular flexibility index (Phi) is 5.31. The summed E-state index contributed by atoms with van der Waals surface area (Å²) < 4.78 is 6.76. The van der Waals surface area contributed by atoms with Crippen molar-refractivity contribution in [3.8, 4) is 0 Å². The molecule has 22 heavy (non-hydrogen) atoms. The van der Waals surface area contributed by atoms with Gasteiger partial charge in [0.25, 0.3) is 0 Å². The first-order valence-corrected chi connectivity index (χ1v) is 8.65. The molecule has 0 amide bonds. The molecule has 0 radical (unpaired) electrons. The van der Waals surface area contributed by atoms with Crippen molar-refractivity contribution < 1.29 is 9.53 Å². The number of carbonyl (C=O) groups excluding carboxylic acids is 1. The summed E-state index contributed by atoms with van der Waals surface area (Å²) in [5.74, 6) is -0.345. The fraction of sp³-hybridized carbons (Fsp3) is 0.471. The molecule has 5 heteroatoms. The minimum absolute atomic E-state index is 0.0368. The molecule has 1 aliphatic carbocycles. The normalized spacial score (nSPS) is 22.1. The number of aryl methyl sites for hydroxylation is 1. The van der Waals surface area contributed by atoms with E-state index in [0.29, 0.717) is 0 Å². The molecule has 1 aromatic carbocycles. The Balaban J connectivity index is 2.06. The van der Waals surface area contributed by atoms with Crippen LogP contribution in [0.2, 0.25) is 0 Å². The van der Waals surface area contributed by atoms with E-state index in [4.69, 9.17) is 27.9 Å². The number of rotatable bonds is 4. The third kappa shape index (κ3) is 3.52. The quantitative estimate of drug-likeness (QED) is 0.600.